The van der Waals surface area contributed by atoms with Crippen LogP contribution in [0.25, 0.3) is 10.4 Å². The van der Waals surface area contributed by atoms with Gasteiger partial charge in [0.2, 0.25) is 0 Å². The molecule has 0 saturated carbocycles. The Balaban J connectivity index is 3.63. The van der Waals surface area contributed by atoms with Gasteiger partial charge in [-0.15, -0.1) is 0 Å². The van der Waals surface area contributed by atoms with Crippen molar-refractivity contribution >= 4 is 11.6 Å². The number of hydrogen-bond donors (Lipinski definition) is 0. The number of azide groups is 1. The molecule has 27 heavy (non-hydrogen) atoms. The van der Waals surface area contributed by atoms with Gasteiger partial charge in [0.05, 0.1) is 0 Å². The van der Waals surface area contributed by atoms with Gasteiger partial charge >= 0.3 is 0 Å². The van der Waals surface area contributed by atoms with Crippen LogP contribution in [0.3, 0.4) is 0 Å². The maximum absolute atomic E-state index is 12.1. The third-order valence-corrected chi connectivity index (χ3v) is 5.23. The van der Waals surface area contributed by atoms with Gasteiger partial charge in [0, 0.05) is 30.2 Å². The molecule has 0 aliphatic rings. The van der Waals surface area contributed by atoms with E-state index in [0.29, 0.717) is 19.4 Å². The zero-order valence-electron chi connectivity index (χ0n) is 17.8. The Morgan fingerprint density at radius 3 is 1.93 bits per heavy atom. The van der Waals surface area contributed by atoms with Crippen molar-refractivity contribution in [3.05, 3.63) is 10.4 Å². The molecule has 0 aromatic carbocycles. The molecule has 5 heteroatoms. The first-order valence-corrected chi connectivity index (χ1v) is 11.1. The number of carbonyl (C=O) groups excluding carboxylic acids is 2. The third-order valence-electron chi connectivity index (χ3n) is 5.23. The second-order valence-corrected chi connectivity index (χ2v) is 7.79. The average Bonchev–Trinajstić information content (AvgIpc) is 2.64. The van der Waals surface area contributed by atoms with Crippen LogP contribution in [-0.2, 0) is 9.59 Å². The fourth-order valence-electron chi connectivity index (χ4n) is 3.43. The Morgan fingerprint density at radius 2 is 1.41 bits per heavy atom. The van der Waals surface area contributed by atoms with Crippen molar-refractivity contribution in [2.75, 3.05) is 6.54 Å². The molecule has 0 bridgehead atoms. The third kappa shape index (κ3) is 17.8. The number of unbranched alkanes of at least 4 members (excludes halogenated alkanes) is 11. The van der Waals surface area contributed by atoms with Crippen molar-refractivity contribution in [1.29, 1.82) is 0 Å². The summed E-state index contributed by atoms with van der Waals surface area (Å²) in [4.78, 5) is 26.6. The highest BCUT2D eigenvalue weighted by molar-refractivity contribution is 5.86. The lowest BCUT2D eigenvalue weighted by atomic mass is 9.91. The largest absolute Gasteiger partial charge is 0.300 e. The van der Waals surface area contributed by atoms with Crippen LogP contribution in [0.2, 0.25) is 0 Å². The summed E-state index contributed by atoms with van der Waals surface area (Å²) in [5.41, 5.74) is 8.24. The second-order valence-electron chi connectivity index (χ2n) is 7.79. The fourth-order valence-corrected chi connectivity index (χ4v) is 3.43. The van der Waals surface area contributed by atoms with Crippen LogP contribution in [0, 0.1) is 5.92 Å². The Morgan fingerprint density at radius 1 is 0.852 bits per heavy atom. The van der Waals surface area contributed by atoms with E-state index in [1.54, 1.807) is 6.92 Å². The maximum Gasteiger partial charge on any atom is 0.133 e. The van der Waals surface area contributed by atoms with E-state index in [9.17, 15) is 9.59 Å². The quantitative estimate of drug-likeness (QED) is 0.0959. The molecule has 156 valence electrons. The number of ketones is 2. The number of nitrogens with zero attached hydrogens (tertiary/aromatic N) is 3. The Bertz CT molecular complexity index is 431. The highest BCUT2D eigenvalue weighted by Gasteiger charge is 2.17. The summed E-state index contributed by atoms with van der Waals surface area (Å²) in [5, 5.41) is 3.50. The molecule has 1 unspecified atom stereocenters. The van der Waals surface area contributed by atoms with Crippen molar-refractivity contribution < 1.29 is 9.59 Å². The minimum Gasteiger partial charge on any atom is -0.300 e. The Hall–Kier alpha value is -1.35. The monoisotopic (exact) mass is 379 g/mol. The van der Waals surface area contributed by atoms with E-state index < -0.39 is 0 Å². The summed E-state index contributed by atoms with van der Waals surface area (Å²) in [6, 6.07) is 0. The number of carbonyl (C=O) groups is 2. The van der Waals surface area contributed by atoms with Crippen molar-refractivity contribution in [3.63, 3.8) is 0 Å². The highest BCUT2D eigenvalue weighted by Crippen LogP contribution is 2.17. The molecule has 0 rings (SSSR count). The van der Waals surface area contributed by atoms with Gasteiger partial charge in [-0.05, 0) is 31.7 Å². The molecular formula is C22H41N3O2. The van der Waals surface area contributed by atoms with E-state index in [1.807, 2.05) is 0 Å². The van der Waals surface area contributed by atoms with Gasteiger partial charge in [-0.25, -0.2) is 0 Å². The van der Waals surface area contributed by atoms with Crippen LogP contribution < -0.4 is 0 Å². The van der Waals surface area contributed by atoms with E-state index in [2.05, 4.69) is 16.9 Å². The van der Waals surface area contributed by atoms with E-state index in [0.717, 1.165) is 32.1 Å². The standard InChI is InChI=1S/C22H41N3O2/c1-3-4-5-6-7-8-9-10-11-12-13-17-22(27)19-21(20(2)26)16-14-15-18-24-25-23/h21H,3-19H2,1-2H3. The minimum atomic E-state index is -0.156. The van der Waals surface area contributed by atoms with Crippen molar-refractivity contribution in [1.82, 2.24) is 0 Å². The van der Waals surface area contributed by atoms with Gasteiger partial charge in [-0.1, -0.05) is 82.7 Å². The van der Waals surface area contributed by atoms with Crippen LogP contribution in [0.5, 0.6) is 0 Å². The summed E-state index contributed by atoms with van der Waals surface area (Å²) >= 11 is 0. The lowest BCUT2D eigenvalue weighted by molar-refractivity contribution is -0.127. The summed E-state index contributed by atoms with van der Waals surface area (Å²) < 4.78 is 0. The first-order chi connectivity index (χ1) is 13.1. The number of hydrogen-bond acceptors (Lipinski definition) is 3. The molecule has 0 radical (unpaired) electrons. The minimum absolute atomic E-state index is 0.103. The van der Waals surface area contributed by atoms with Crippen LogP contribution >= 0.6 is 0 Å². The SMILES string of the molecule is CCCCCCCCCCCCCC(=O)CC(CCCCN=[N+]=[N-])C(C)=O. The van der Waals surface area contributed by atoms with E-state index in [1.165, 1.54) is 57.8 Å². The van der Waals surface area contributed by atoms with Crippen LogP contribution in [0.15, 0.2) is 5.11 Å². The molecule has 0 saturated heterocycles. The lowest BCUT2D eigenvalue weighted by Crippen LogP contribution is -2.16. The summed E-state index contributed by atoms with van der Waals surface area (Å²) in [6.45, 7) is 4.29. The lowest BCUT2D eigenvalue weighted by Gasteiger charge is -2.12. The first kappa shape index (κ1) is 25.6. The van der Waals surface area contributed by atoms with Gasteiger partial charge in [-0.3, -0.25) is 9.59 Å². The molecule has 0 aromatic rings. The summed E-state index contributed by atoms with van der Waals surface area (Å²) in [6.07, 6.45) is 17.4. The molecular weight excluding hydrogens is 338 g/mol. The predicted molar refractivity (Wildman–Crippen MR) is 113 cm³/mol. The van der Waals surface area contributed by atoms with Crippen LogP contribution in [0.1, 0.15) is 117 Å². The van der Waals surface area contributed by atoms with Crippen molar-refractivity contribution in [3.8, 4) is 0 Å². The normalized spacial score (nSPS) is 11.8. The molecule has 0 aliphatic carbocycles. The van der Waals surface area contributed by atoms with Gasteiger partial charge in [0.1, 0.15) is 11.6 Å². The average molecular weight is 380 g/mol. The Kier molecular flexibility index (Phi) is 18.4. The summed E-state index contributed by atoms with van der Waals surface area (Å²) in [5.74, 6) is 0.170. The molecule has 1 atom stereocenters. The van der Waals surface area contributed by atoms with Gasteiger partial charge in [0.25, 0.3) is 0 Å². The van der Waals surface area contributed by atoms with Crippen molar-refractivity contribution in [2.24, 2.45) is 11.0 Å². The zero-order valence-corrected chi connectivity index (χ0v) is 17.8. The molecule has 0 amide bonds. The van der Waals surface area contributed by atoms with Gasteiger partial charge in [0.15, 0.2) is 0 Å². The summed E-state index contributed by atoms with van der Waals surface area (Å²) in [7, 11) is 0. The van der Waals surface area contributed by atoms with E-state index >= 15 is 0 Å². The smallest absolute Gasteiger partial charge is 0.133 e. The molecule has 0 N–H and O–H groups in total. The van der Waals surface area contributed by atoms with E-state index in [4.69, 9.17) is 5.53 Å². The first-order valence-electron chi connectivity index (χ1n) is 11.1. The highest BCUT2D eigenvalue weighted by atomic mass is 16.1. The number of Topliss-reactive ketones (excluding diaryl/α,β-unsaturated/α-hetero) is 2. The maximum atomic E-state index is 12.1. The van der Waals surface area contributed by atoms with Crippen molar-refractivity contribution in [2.45, 2.75) is 117 Å². The topological polar surface area (TPSA) is 82.9 Å². The zero-order chi connectivity index (χ0) is 20.2. The van der Waals surface area contributed by atoms with Crippen LogP contribution in [-0.4, -0.2) is 18.1 Å². The predicted octanol–water partition coefficient (Wildman–Crippen LogP) is 7.33. The molecule has 0 heterocycles. The Labute approximate surface area is 166 Å². The molecule has 0 aliphatic heterocycles. The molecule has 5 nitrogen and oxygen atoms in total. The molecule has 0 fully saturated rings. The van der Waals surface area contributed by atoms with Gasteiger partial charge in [-0.2, -0.15) is 0 Å². The second kappa shape index (κ2) is 19.4. The number of rotatable bonds is 20. The van der Waals surface area contributed by atoms with Crippen LogP contribution in [0.4, 0.5) is 0 Å². The molecule has 0 aromatic heterocycles. The molecule has 0 spiro atoms. The van der Waals surface area contributed by atoms with E-state index in [-0.39, 0.29) is 17.5 Å². The fraction of sp³-hybridized carbons (Fsp3) is 0.909. The van der Waals surface area contributed by atoms with Gasteiger partial charge < -0.3 is 0 Å².